The van der Waals surface area contributed by atoms with E-state index in [4.69, 9.17) is 34.3 Å². The third-order valence-electron chi connectivity index (χ3n) is 1.25. The van der Waals surface area contributed by atoms with Crippen LogP contribution in [0, 0.1) is 11.2 Å². The first-order valence-corrected chi connectivity index (χ1v) is 3.63. The van der Waals surface area contributed by atoms with Crippen LogP contribution in [0.1, 0.15) is 5.56 Å². The van der Waals surface area contributed by atoms with E-state index >= 15 is 0 Å². The monoisotopic (exact) mass is 207 g/mol. The average molecular weight is 208 g/mol. The molecule has 64 valence electrons. The van der Waals surface area contributed by atoms with Gasteiger partial charge in [0.05, 0.1) is 11.3 Å². The molecule has 0 aliphatic rings. The number of nitrogens with one attached hydrogen (secondary N) is 1. The fourth-order valence-electron chi connectivity index (χ4n) is 0.652. The second kappa shape index (κ2) is 3.25. The van der Waals surface area contributed by atoms with Crippen molar-refractivity contribution >= 4 is 34.1 Å². The van der Waals surface area contributed by atoms with Crippen molar-refractivity contribution < 1.29 is 4.39 Å². The molecule has 6 heteroatoms. The van der Waals surface area contributed by atoms with E-state index in [1.54, 1.807) is 0 Å². The summed E-state index contributed by atoms with van der Waals surface area (Å²) in [6, 6.07) is 0. The van der Waals surface area contributed by atoms with Crippen molar-refractivity contribution in [3.8, 4) is 0 Å². The summed E-state index contributed by atoms with van der Waals surface area (Å²) in [4.78, 5) is 3.45. The van der Waals surface area contributed by atoms with Gasteiger partial charge in [-0.05, 0) is 0 Å². The summed E-state index contributed by atoms with van der Waals surface area (Å²) in [7, 11) is 0. The molecular formula is C6H4Cl2FN3. The van der Waals surface area contributed by atoms with Gasteiger partial charge in [0.25, 0.3) is 0 Å². The van der Waals surface area contributed by atoms with Gasteiger partial charge in [0.1, 0.15) is 5.17 Å². The van der Waals surface area contributed by atoms with Crippen molar-refractivity contribution in [3.63, 3.8) is 0 Å². The first-order valence-electron chi connectivity index (χ1n) is 2.88. The van der Waals surface area contributed by atoms with Crippen LogP contribution in [0.3, 0.4) is 0 Å². The predicted molar refractivity (Wildman–Crippen MR) is 46.3 cm³/mol. The molecule has 0 saturated heterocycles. The molecule has 0 spiro atoms. The molecule has 1 aromatic heterocycles. The maximum absolute atomic E-state index is 12.9. The smallest absolute Gasteiger partial charge is 0.184 e. The van der Waals surface area contributed by atoms with Gasteiger partial charge < -0.3 is 5.73 Å². The summed E-state index contributed by atoms with van der Waals surface area (Å²) >= 11 is 10.6. The molecule has 0 amide bonds. The Morgan fingerprint density at radius 3 is 2.75 bits per heavy atom. The molecule has 1 rings (SSSR count). The van der Waals surface area contributed by atoms with E-state index < -0.39 is 5.82 Å². The second-order valence-corrected chi connectivity index (χ2v) is 2.74. The molecule has 0 fully saturated rings. The van der Waals surface area contributed by atoms with Gasteiger partial charge in [-0.3, -0.25) is 5.41 Å². The van der Waals surface area contributed by atoms with Crippen molar-refractivity contribution in [1.82, 2.24) is 4.98 Å². The average Bonchev–Trinajstić information content (AvgIpc) is 2.00. The van der Waals surface area contributed by atoms with Crippen LogP contribution < -0.4 is 5.73 Å². The summed E-state index contributed by atoms with van der Waals surface area (Å²) in [5.74, 6) is -0.848. The van der Waals surface area contributed by atoms with Crippen molar-refractivity contribution in [2.45, 2.75) is 0 Å². The van der Waals surface area contributed by atoms with Crippen LogP contribution in [0.4, 0.5) is 10.1 Å². The molecule has 1 heterocycles. The molecule has 1 aromatic rings. The highest BCUT2D eigenvalue weighted by molar-refractivity contribution is 6.69. The summed E-state index contributed by atoms with van der Waals surface area (Å²) < 4.78 is 12.9. The van der Waals surface area contributed by atoms with Gasteiger partial charge in [-0.2, -0.15) is 0 Å². The van der Waals surface area contributed by atoms with Gasteiger partial charge in [-0.25, -0.2) is 9.37 Å². The van der Waals surface area contributed by atoms with Gasteiger partial charge in [-0.1, -0.05) is 23.2 Å². The molecule has 0 saturated carbocycles. The normalized spacial score (nSPS) is 9.92. The van der Waals surface area contributed by atoms with Crippen molar-refractivity contribution in [2.75, 3.05) is 5.73 Å². The third kappa shape index (κ3) is 1.49. The number of nitrogen functional groups attached to an aromatic ring is 1. The van der Waals surface area contributed by atoms with Crippen molar-refractivity contribution in [2.24, 2.45) is 0 Å². The van der Waals surface area contributed by atoms with Gasteiger partial charge in [0, 0.05) is 6.20 Å². The number of rotatable bonds is 1. The number of hydrogen-bond acceptors (Lipinski definition) is 3. The Balaban J connectivity index is 3.36. The van der Waals surface area contributed by atoms with Crippen LogP contribution in [0.5, 0.6) is 0 Å². The van der Waals surface area contributed by atoms with E-state index in [1.165, 1.54) is 0 Å². The number of nitrogens with two attached hydrogens (primary N) is 1. The van der Waals surface area contributed by atoms with Crippen LogP contribution in [0.15, 0.2) is 6.20 Å². The predicted octanol–water partition coefficient (Wildman–Crippen LogP) is 2.02. The van der Waals surface area contributed by atoms with E-state index in [1.807, 2.05) is 0 Å². The largest absolute Gasteiger partial charge is 0.396 e. The molecule has 0 aliphatic carbocycles. The SMILES string of the molecule is N=C(Cl)c1cnc(Cl)c(F)c1N. The lowest BCUT2D eigenvalue weighted by atomic mass is 10.2. The molecular weight excluding hydrogens is 204 g/mol. The highest BCUT2D eigenvalue weighted by Crippen LogP contribution is 2.22. The lowest BCUT2D eigenvalue weighted by molar-refractivity contribution is 0.626. The number of halogens is 3. The Kier molecular flexibility index (Phi) is 2.49. The minimum Gasteiger partial charge on any atom is -0.396 e. The number of hydrogen-bond donors (Lipinski definition) is 2. The molecule has 0 atom stereocenters. The quantitative estimate of drug-likeness (QED) is 0.547. The van der Waals surface area contributed by atoms with E-state index in [2.05, 4.69) is 4.98 Å². The van der Waals surface area contributed by atoms with Crippen LogP contribution in [0.2, 0.25) is 5.15 Å². The van der Waals surface area contributed by atoms with E-state index in [0.29, 0.717) is 0 Å². The molecule has 0 radical (unpaired) electrons. The highest BCUT2D eigenvalue weighted by Gasteiger charge is 2.12. The number of anilines is 1. The van der Waals surface area contributed by atoms with Gasteiger partial charge in [0.2, 0.25) is 0 Å². The fourth-order valence-corrected chi connectivity index (χ4v) is 0.953. The minimum absolute atomic E-state index is 0.0403. The molecule has 0 aliphatic heterocycles. The van der Waals surface area contributed by atoms with Crippen LogP contribution in [-0.2, 0) is 0 Å². The molecule has 3 N–H and O–H groups in total. The Bertz CT molecular complexity index is 340. The first kappa shape index (κ1) is 9.22. The Morgan fingerprint density at radius 1 is 1.67 bits per heavy atom. The van der Waals surface area contributed by atoms with E-state index in [9.17, 15) is 4.39 Å². The Morgan fingerprint density at radius 2 is 2.25 bits per heavy atom. The number of aromatic nitrogens is 1. The van der Waals surface area contributed by atoms with Crippen LogP contribution in [-0.4, -0.2) is 10.2 Å². The minimum atomic E-state index is -0.848. The summed E-state index contributed by atoms with van der Waals surface area (Å²) in [6.45, 7) is 0. The van der Waals surface area contributed by atoms with Gasteiger partial charge in [0.15, 0.2) is 11.0 Å². The van der Waals surface area contributed by atoms with Crippen molar-refractivity contribution in [3.05, 3.63) is 22.7 Å². The number of pyridine rings is 1. The lowest BCUT2D eigenvalue weighted by Gasteiger charge is -2.02. The van der Waals surface area contributed by atoms with Gasteiger partial charge in [-0.15, -0.1) is 0 Å². The molecule has 12 heavy (non-hydrogen) atoms. The van der Waals surface area contributed by atoms with E-state index in [0.717, 1.165) is 6.20 Å². The summed E-state index contributed by atoms with van der Waals surface area (Å²) in [5.41, 5.74) is 5.05. The Hall–Kier alpha value is -0.870. The third-order valence-corrected chi connectivity index (χ3v) is 1.72. The highest BCUT2D eigenvalue weighted by atomic mass is 35.5. The Labute approximate surface area is 77.8 Å². The van der Waals surface area contributed by atoms with Crippen LogP contribution >= 0.6 is 23.2 Å². The zero-order valence-electron chi connectivity index (χ0n) is 5.74. The first-order chi connectivity index (χ1) is 5.54. The lowest BCUT2D eigenvalue weighted by Crippen LogP contribution is -2.02. The van der Waals surface area contributed by atoms with Crippen LogP contribution in [0.25, 0.3) is 0 Å². The number of nitrogens with zero attached hydrogens (tertiary/aromatic N) is 1. The second-order valence-electron chi connectivity index (χ2n) is 2.00. The van der Waals surface area contributed by atoms with Crippen molar-refractivity contribution in [1.29, 1.82) is 5.41 Å². The molecule has 0 unspecified atom stereocenters. The van der Waals surface area contributed by atoms with E-state index in [-0.39, 0.29) is 21.6 Å². The maximum atomic E-state index is 12.9. The molecule has 0 bridgehead atoms. The maximum Gasteiger partial charge on any atom is 0.184 e. The molecule has 0 aromatic carbocycles. The molecule has 3 nitrogen and oxygen atoms in total. The zero-order valence-corrected chi connectivity index (χ0v) is 7.25. The summed E-state index contributed by atoms with van der Waals surface area (Å²) in [6.07, 6.45) is 1.15. The fraction of sp³-hybridized carbons (Fsp3) is 0. The summed E-state index contributed by atoms with van der Waals surface area (Å²) in [5, 5.41) is 6.29. The standard InChI is InChI=1S/C6H4Cl2FN3/c7-5(11)2-1-12-6(8)3(9)4(2)10/h1,11H,(H2,10,12). The topological polar surface area (TPSA) is 62.8 Å². The zero-order chi connectivity index (χ0) is 9.30. The van der Waals surface area contributed by atoms with Gasteiger partial charge >= 0.3 is 0 Å².